The Balaban J connectivity index is 0.000000111. The zero-order valence-corrected chi connectivity index (χ0v) is 55.1. The number of nitrogens with one attached hydrogen (secondary N) is 1. The zero-order chi connectivity index (χ0) is 60.3. The highest BCUT2D eigenvalue weighted by Crippen LogP contribution is 2.40. The first-order chi connectivity index (χ1) is 43.2. The van der Waals surface area contributed by atoms with Crippen molar-refractivity contribution in [3.63, 3.8) is 0 Å². The molecule has 0 bridgehead atoms. The van der Waals surface area contributed by atoms with Crippen molar-refractivity contribution in [2.75, 3.05) is 0 Å². The summed E-state index contributed by atoms with van der Waals surface area (Å²) in [5.41, 5.74) is 7.72. The second-order valence-corrected chi connectivity index (χ2v) is 26.8. The number of nitro groups is 1. The number of rotatable bonds is 6. The number of fused-ring (bicyclic) bond motifs is 11. The Morgan fingerprint density at radius 3 is 1.38 bits per heavy atom. The van der Waals surface area contributed by atoms with Gasteiger partial charge in [0.1, 0.15) is 0 Å². The van der Waals surface area contributed by atoms with Gasteiger partial charge in [-0.25, -0.2) is 0 Å². The average Bonchev–Trinajstić information content (AvgIpc) is 1.78. The van der Waals surface area contributed by atoms with E-state index in [0.717, 1.165) is 24.4 Å². The molecule has 0 spiro atoms. The fourth-order valence-corrected chi connectivity index (χ4v) is 14.8. The predicted octanol–water partition coefficient (Wildman–Crippen LogP) is 22.8. The number of benzene rings is 14. The van der Waals surface area contributed by atoms with Gasteiger partial charge in [0.25, 0.3) is 5.69 Å². The highest BCUT2D eigenvalue weighted by atomic mass is 127. The summed E-state index contributed by atoms with van der Waals surface area (Å²) in [5, 5.41) is 27.4. The molecule has 14 aromatic carbocycles. The van der Waals surface area contributed by atoms with Crippen LogP contribution < -0.4 is 15.9 Å². The van der Waals surface area contributed by atoms with Crippen molar-refractivity contribution in [2.45, 2.75) is 0 Å². The second kappa shape index (κ2) is 28.1. The summed E-state index contributed by atoms with van der Waals surface area (Å²) in [4.78, 5) is 14.7. The lowest BCUT2D eigenvalue weighted by Crippen LogP contribution is -2.20. The standard InChI is InChI=1S/C22H14BrN.C18H15P.C16H10BrNO2.C16H10BrN.C6H5I/c23-16-11-13-19-20-12-10-15-6-4-5-9-18(15)22(20)24(21(19)14-16)17-7-2-1-3-8-17;1-4-10-16(11-5-1)19(17-12-6-2-7-13-17)18-14-8-3-9-15-18;17-13-8-5-12(6-9-13)15-10-7-11-3-1-2-4-14(11)16(15)18(19)20;17-11-6-8-13-14-7-5-10-3-1-2-4-12(10)16(14)18-15(13)9-11;7-6-4-2-1-3-5-6/h1-14H;1-15H;1-10H;1-9,18H;1-5H. The van der Waals surface area contributed by atoms with Gasteiger partial charge < -0.3 is 9.55 Å². The predicted molar refractivity (Wildman–Crippen MR) is 395 cm³/mol. The number of H-pyrrole nitrogens is 1. The third-order valence-corrected chi connectivity index (χ3v) is 19.8. The van der Waals surface area contributed by atoms with Crippen LogP contribution in [0.5, 0.6) is 0 Å². The molecule has 5 nitrogen and oxygen atoms in total. The third-order valence-electron chi connectivity index (χ3n) is 15.1. The molecular formula is C78H54Br3IN3O2P. The molecule has 0 amide bonds. The van der Waals surface area contributed by atoms with Crippen LogP contribution in [0.1, 0.15) is 0 Å². The normalized spacial score (nSPS) is 10.9. The van der Waals surface area contributed by atoms with Gasteiger partial charge in [0.05, 0.1) is 32.4 Å². The van der Waals surface area contributed by atoms with E-state index in [0.29, 0.717) is 10.9 Å². The Kier molecular flexibility index (Phi) is 19.1. The molecule has 16 aromatic rings. The van der Waals surface area contributed by atoms with E-state index in [1.165, 1.54) is 90.3 Å². The lowest BCUT2D eigenvalue weighted by Gasteiger charge is -2.18. The molecule has 0 aliphatic carbocycles. The summed E-state index contributed by atoms with van der Waals surface area (Å²) < 4.78 is 6.81. The van der Waals surface area contributed by atoms with Crippen molar-refractivity contribution in [1.29, 1.82) is 0 Å². The summed E-state index contributed by atoms with van der Waals surface area (Å²) in [5.74, 6) is 0. The zero-order valence-electron chi connectivity index (χ0n) is 47.3. The van der Waals surface area contributed by atoms with Crippen LogP contribution in [0.4, 0.5) is 5.69 Å². The molecular weight excluding hydrogens is 1410 g/mol. The lowest BCUT2D eigenvalue weighted by atomic mass is 9.99. The topological polar surface area (TPSA) is 63.9 Å². The van der Waals surface area contributed by atoms with Gasteiger partial charge in [0.2, 0.25) is 0 Å². The molecule has 10 heteroatoms. The number of aromatic nitrogens is 2. The fraction of sp³-hybridized carbons (Fsp3) is 0. The van der Waals surface area contributed by atoms with Crippen molar-refractivity contribution in [2.24, 2.45) is 0 Å². The maximum Gasteiger partial charge on any atom is 0.284 e. The number of halogens is 4. The largest absolute Gasteiger partial charge is 0.354 e. The third kappa shape index (κ3) is 13.5. The van der Waals surface area contributed by atoms with Gasteiger partial charge in [-0.3, -0.25) is 10.1 Å². The minimum Gasteiger partial charge on any atom is -0.354 e. The quantitative estimate of drug-likeness (QED) is 0.0780. The van der Waals surface area contributed by atoms with E-state index >= 15 is 0 Å². The molecule has 0 saturated heterocycles. The number of nitrogens with zero attached hydrogens (tertiary/aromatic N) is 2. The lowest BCUT2D eigenvalue weighted by molar-refractivity contribution is -0.382. The number of nitro benzene ring substituents is 1. The molecule has 426 valence electrons. The van der Waals surface area contributed by atoms with E-state index in [1.54, 1.807) is 6.07 Å². The maximum absolute atomic E-state index is 11.5. The Bertz CT molecular complexity index is 4960. The van der Waals surface area contributed by atoms with E-state index in [-0.39, 0.29) is 10.6 Å². The van der Waals surface area contributed by atoms with Crippen LogP contribution in [0.25, 0.3) is 92.7 Å². The summed E-state index contributed by atoms with van der Waals surface area (Å²) >= 11 is 12.8. The molecule has 0 aliphatic heterocycles. The Morgan fingerprint density at radius 2 is 0.818 bits per heavy atom. The van der Waals surface area contributed by atoms with Gasteiger partial charge in [-0.1, -0.05) is 297 Å². The van der Waals surface area contributed by atoms with Crippen molar-refractivity contribution in [1.82, 2.24) is 9.55 Å². The van der Waals surface area contributed by atoms with Crippen molar-refractivity contribution >= 4 is 176 Å². The van der Waals surface area contributed by atoms with Crippen LogP contribution in [0.3, 0.4) is 0 Å². The van der Waals surface area contributed by atoms with E-state index in [4.69, 9.17) is 0 Å². The smallest absolute Gasteiger partial charge is 0.284 e. The van der Waals surface area contributed by atoms with Gasteiger partial charge >= 0.3 is 0 Å². The summed E-state index contributed by atoms with van der Waals surface area (Å²) in [6.07, 6.45) is 0. The number of hydrogen-bond acceptors (Lipinski definition) is 2. The van der Waals surface area contributed by atoms with E-state index in [1.807, 2.05) is 72.8 Å². The molecule has 2 heterocycles. The molecule has 0 radical (unpaired) electrons. The minimum absolute atomic E-state index is 0.158. The Hall–Kier alpha value is -8.54. The highest BCUT2D eigenvalue weighted by Gasteiger charge is 2.20. The first kappa shape index (κ1) is 59.8. The van der Waals surface area contributed by atoms with E-state index in [9.17, 15) is 10.1 Å². The highest BCUT2D eigenvalue weighted by molar-refractivity contribution is 14.1. The second-order valence-electron chi connectivity index (χ2n) is 20.6. The molecule has 2 aromatic heterocycles. The first-order valence-electron chi connectivity index (χ1n) is 28.5. The molecule has 16 rings (SSSR count). The van der Waals surface area contributed by atoms with Crippen LogP contribution in [0.15, 0.2) is 335 Å². The van der Waals surface area contributed by atoms with Gasteiger partial charge in [-0.2, -0.15) is 0 Å². The molecule has 0 atom stereocenters. The monoisotopic (exact) mass is 1460 g/mol. The molecule has 0 aliphatic rings. The van der Waals surface area contributed by atoms with Crippen LogP contribution in [0, 0.1) is 13.7 Å². The van der Waals surface area contributed by atoms with Gasteiger partial charge in [-0.15, -0.1) is 0 Å². The summed E-state index contributed by atoms with van der Waals surface area (Å²) in [7, 11) is -0.446. The fourth-order valence-electron chi connectivity index (χ4n) is 11.1. The summed E-state index contributed by atoms with van der Waals surface area (Å²) in [6.45, 7) is 0. The van der Waals surface area contributed by atoms with Crippen LogP contribution in [-0.2, 0) is 0 Å². The summed E-state index contributed by atoms with van der Waals surface area (Å²) in [6, 6.07) is 111. The first-order valence-corrected chi connectivity index (χ1v) is 33.3. The van der Waals surface area contributed by atoms with E-state index in [2.05, 4.69) is 323 Å². The van der Waals surface area contributed by atoms with Crippen molar-refractivity contribution < 1.29 is 4.92 Å². The van der Waals surface area contributed by atoms with Gasteiger partial charge in [0, 0.05) is 60.5 Å². The number of para-hydroxylation sites is 1. The molecule has 88 heavy (non-hydrogen) atoms. The van der Waals surface area contributed by atoms with Crippen molar-refractivity contribution in [3.05, 3.63) is 349 Å². The molecule has 0 saturated carbocycles. The van der Waals surface area contributed by atoms with Crippen molar-refractivity contribution in [3.8, 4) is 16.8 Å². The van der Waals surface area contributed by atoms with Crippen LogP contribution in [-0.4, -0.2) is 14.5 Å². The van der Waals surface area contributed by atoms with E-state index < -0.39 is 7.92 Å². The molecule has 0 fully saturated rings. The molecule has 0 unspecified atom stereocenters. The molecule has 1 N–H and O–H groups in total. The van der Waals surface area contributed by atoms with Gasteiger partial charge in [-0.05, 0) is 141 Å². The Morgan fingerprint density at radius 1 is 0.386 bits per heavy atom. The van der Waals surface area contributed by atoms with Gasteiger partial charge in [0.15, 0.2) is 0 Å². The maximum atomic E-state index is 11.5. The van der Waals surface area contributed by atoms with Crippen LogP contribution in [0.2, 0.25) is 0 Å². The minimum atomic E-state index is -0.446. The average molecular weight is 1460 g/mol. The number of aromatic amines is 1. The Labute approximate surface area is 550 Å². The SMILES string of the molecule is Brc1ccc2c(c1)[nH]c1c3ccccc3ccc21.Brc1ccc2c3ccc4ccccc4c3n(-c3ccccc3)c2c1.Ic1ccccc1.O=[N+]([O-])c1c(-c2ccc(Br)cc2)ccc2ccccc12.c1ccc(P(c2ccccc2)c2ccccc2)cc1. The number of hydrogen-bond donors (Lipinski definition) is 1. The van der Waals surface area contributed by atoms with Crippen LogP contribution >= 0.6 is 78.3 Å².